The average molecular weight is 582 g/mol. The van der Waals surface area contributed by atoms with Gasteiger partial charge in [0, 0.05) is 31.9 Å². The average Bonchev–Trinajstić information content (AvgIpc) is 3.33. The summed E-state index contributed by atoms with van der Waals surface area (Å²) in [6, 6.07) is 29.5. The summed E-state index contributed by atoms with van der Waals surface area (Å²) in [5.41, 5.74) is 4.59. The molecular weight excluding hydrogens is 546 g/mol. The highest BCUT2D eigenvalue weighted by molar-refractivity contribution is 7.80. The highest BCUT2D eigenvalue weighted by atomic mass is 32.3. The molecule has 0 aliphatic rings. The molecule has 4 aromatic rings. The summed E-state index contributed by atoms with van der Waals surface area (Å²) in [7, 11) is -1.58. The Morgan fingerprint density at radius 2 is 1.32 bits per heavy atom. The zero-order valence-electron chi connectivity index (χ0n) is 23.2. The van der Waals surface area contributed by atoms with Crippen LogP contribution in [-0.2, 0) is 34.7 Å². The van der Waals surface area contributed by atoms with Crippen LogP contribution in [0.3, 0.4) is 0 Å². The third-order valence-electron chi connectivity index (χ3n) is 5.98. The number of thiazole rings is 1. The van der Waals surface area contributed by atoms with Crippen LogP contribution < -0.4 is 14.4 Å². The SMILES string of the molecule is CCN(CC)c1c[n+](C)c(N=Nc2ccc(N(Cc3ccccc3)Cc3ccccc3)cc2)s1.COS(=O)(=O)[O-]. The molecule has 0 fully saturated rings. The van der Waals surface area contributed by atoms with E-state index in [0.717, 1.165) is 49.8 Å². The molecule has 11 heteroatoms. The van der Waals surface area contributed by atoms with Gasteiger partial charge < -0.3 is 14.4 Å². The molecule has 212 valence electrons. The molecule has 4 rings (SSSR count). The number of rotatable bonds is 11. The van der Waals surface area contributed by atoms with Gasteiger partial charge in [-0.3, -0.25) is 4.18 Å². The lowest BCUT2D eigenvalue weighted by Gasteiger charge is -2.25. The van der Waals surface area contributed by atoms with Crippen LogP contribution in [0.1, 0.15) is 25.0 Å². The lowest BCUT2D eigenvalue weighted by Crippen LogP contribution is -2.26. The van der Waals surface area contributed by atoms with Crippen molar-refractivity contribution in [3.8, 4) is 0 Å². The first-order valence-electron chi connectivity index (χ1n) is 12.8. The fourth-order valence-corrected chi connectivity index (χ4v) is 4.93. The third kappa shape index (κ3) is 9.83. The summed E-state index contributed by atoms with van der Waals surface area (Å²) in [5.74, 6) is 0. The molecule has 9 nitrogen and oxygen atoms in total. The highest BCUT2D eigenvalue weighted by Gasteiger charge is 2.17. The van der Waals surface area contributed by atoms with Crippen LogP contribution in [0.25, 0.3) is 0 Å². The van der Waals surface area contributed by atoms with Gasteiger partial charge in [0.05, 0.1) is 19.3 Å². The summed E-state index contributed by atoms with van der Waals surface area (Å²) < 4.78 is 33.1. The van der Waals surface area contributed by atoms with Gasteiger partial charge in [-0.05, 0) is 65.7 Å². The monoisotopic (exact) mass is 581 g/mol. The molecule has 0 bridgehead atoms. The molecule has 0 aliphatic heterocycles. The van der Waals surface area contributed by atoms with Crippen LogP contribution in [0.4, 0.5) is 21.5 Å². The van der Waals surface area contributed by atoms with Crippen molar-refractivity contribution >= 4 is 43.2 Å². The summed E-state index contributed by atoms with van der Waals surface area (Å²) >= 11 is 1.67. The third-order valence-corrected chi connectivity index (χ3v) is 7.51. The van der Waals surface area contributed by atoms with Gasteiger partial charge in [-0.1, -0.05) is 60.7 Å². The Bertz CT molecular complexity index is 1400. The topological polar surface area (TPSA) is 102 Å². The molecule has 0 saturated carbocycles. The Kier molecular flexibility index (Phi) is 11.8. The minimum atomic E-state index is -4.41. The zero-order valence-corrected chi connectivity index (χ0v) is 24.8. The van der Waals surface area contributed by atoms with E-state index < -0.39 is 10.4 Å². The molecule has 0 spiro atoms. The van der Waals surface area contributed by atoms with Gasteiger partial charge in [0.25, 0.3) is 0 Å². The highest BCUT2D eigenvalue weighted by Crippen LogP contribution is 2.29. The molecule has 1 aromatic heterocycles. The Balaban J connectivity index is 0.000000663. The van der Waals surface area contributed by atoms with Crippen molar-refractivity contribution in [2.45, 2.75) is 26.9 Å². The summed E-state index contributed by atoms with van der Waals surface area (Å²) in [6.07, 6.45) is 2.13. The Morgan fingerprint density at radius 3 is 1.77 bits per heavy atom. The number of azo groups is 1. The van der Waals surface area contributed by atoms with Crippen molar-refractivity contribution in [3.63, 3.8) is 0 Å². The first-order chi connectivity index (χ1) is 19.2. The number of anilines is 2. The lowest BCUT2D eigenvalue weighted by molar-refractivity contribution is -0.653. The van der Waals surface area contributed by atoms with Gasteiger partial charge in [0.1, 0.15) is 16.9 Å². The van der Waals surface area contributed by atoms with Gasteiger partial charge in [-0.25, -0.2) is 13.0 Å². The Morgan fingerprint density at radius 1 is 0.825 bits per heavy atom. The second-order valence-electron chi connectivity index (χ2n) is 8.75. The van der Waals surface area contributed by atoms with E-state index in [-0.39, 0.29) is 0 Å². The van der Waals surface area contributed by atoms with E-state index in [1.807, 2.05) is 23.7 Å². The van der Waals surface area contributed by atoms with E-state index >= 15 is 0 Å². The van der Waals surface area contributed by atoms with Crippen molar-refractivity contribution in [2.75, 3.05) is 30.0 Å². The van der Waals surface area contributed by atoms with Crippen molar-refractivity contribution < 1.29 is 21.7 Å². The van der Waals surface area contributed by atoms with Crippen molar-refractivity contribution in [3.05, 3.63) is 102 Å². The fourth-order valence-electron chi connectivity index (χ4n) is 3.86. The first kappa shape index (κ1) is 30.9. The van der Waals surface area contributed by atoms with Gasteiger partial charge in [-0.15, -0.1) is 0 Å². The number of benzene rings is 3. The number of hydrogen-bond donors (Lipinski definition) is 0. The summed E-state index contributed by atoms with van der Waals surface area (Å²) in [5, 5.41) is 11.1. The van der Waals surface area contributed by atoms with E-state index in [9.17, 15) is 13.0 Å². The zero-order chi connectivity index (χ0) is 29.0. The van der Waals surface area contributed by atoms with Crippen molar-refractivity contribution in [1.29, 1.82) is 0 Å². The molecule has 3 aromatic carbocycles. The number of nitrogens with zero attached hydrogens (tertiary/aromatic N) is 5. The number of hydrogen-bond acceptors (Lipinski definition) is 9. The van der Waals surface area contributed by atoms with Crippen LogP contribution in [0, 0.1) is 0 Å². The van der Waals surface area contributed by atoms with Crippen LogP contribution >= 0.6 is 11.3 Å². The molecule has 1 heterocycles. The molecule has 0 unspecified atom stereocenters. The standard InChI is InChI=1S/C28H32N5S.CH4O4S/c1-4-32(5-2)27-22-31(3)28(34-27)30-29-25-16-18-26(19-17-25)33(20-23-12-8-6-9-13-23)21-24-14-10-7-11-15-24;1-5-6(2,3)4/h6-19,22H,4-5,20-21H2,1-3H3;1H3,(H,2,3,4)/q+1;/p-1. The predicted octanol–water partition coefficient (Wildman–Crippen LogP) is 6.13. The Hall–Kier alpha value is -3.64. The maximum absolute atomic E-state index is 9.22. The number of aromatic nitrogens is 1. The second-order valence-corrected chi connectivity index (χ2v) is 10.9. The molecule has 0 amide bonds. The molecule has 0 radical (unpaired) electrons. The maximum Gasteiger partial charge on any atom is 0.410 e. The normalized spacial score (nSPS) is 11.2. The molecular formula is C29H35N5O4S2. The minimum absolute atomic E-state index is 0.808. The van der Waals surface area contributed by atoms with Gasteiger partial charge in [0.15, 0.2) is 0 Å². The molecule has 0 saturated heterocycles. The van der Waals surface area contributed by atoms with E-state index in [0.29, 0.717) is 0 Å². The minimum Gasteiger partial charge on any atom is -0.726 e. The lowest BCUT2D eigenvalue weighted by atomic mass is 10.1. The van der Waals surface area contributed by atoms with Gasteiger partial charge in [-0.2, -0.15) is 0 Å². The van der Waals surface area contributed by atoms with E-state index in [1.54, 1.807) is 11.3 Å². The van der Waals surface area contributed by atoms with Crippen molar-refractivity contribution in [2.24, 2.45) is 17.3 Å². The summed E-state index contributed by atoms with van der Waals surface area (Å²) in [6.45, 7) is 8.00. The maximum atomic E-state index is 9.22. The van der Waals surface area contributed by atoms with E-state index in [2.05, 4.69) is 117 Å². The van der Waals surface area contributed by atoms with Gasteiger partial charge >= 0.3 is 5.13 Å². The van der Waals surface area contributed by atoms with E-state index in [4.69, 9.17) is 0 Å². The van der Waals surface area contributed by atoms with Crippen LogP contribution in [0.15, 0.2) is 101 Å². The molecule has 40 heavy (non-hydrogen) atoms. The van der Waals surface area contributed by atoms with Gasteiger partial charge in [0.2, 0.25) is 10.4 Å². The molecule has 0 atom stereocenters. The van der Waals surface area contributed by atoms with E-state index in [1.165, 1.54) is 16.1 Å². The van der Waals surface area contributed by atoms with Crippen LogP contribution in [0.2, 0.25) is 0 Å². The molecule has 0 aliphatic carbocycles. The van der Waals surface area contributed by atoms with Crippen molar-refractivity contribution in [1.82, 2.24) is 0 Å². The fraction of sp³-hybridized carbons (Fsp3) is 0.276. The second kappa shape index (κ2) is 15.2. The smallest absolute Gasteiger partial charge is 0.410 e. The molecule has 0 N–H and O–H groups in total. The summed E-state index contributed by atoms with van der Waals surface area (Å²) in [4.78, 5) is 4.72. The largest absolute Gasteiger partial charge is 0.726 e. The first-order valence-corrected chi connectivity index (χ1v) is 15.0. The number of aryl methyl sites for hydroxylation is 1. The van der Waals surface area contributed by atoms with Crippen LogP contribution in [0.5, 0.6) is 0 Å². The van der Waals surface area contributed by atoms with Crippen LogP contribution in [-0.4, -0.2) is 33.2 Å². The Labute approximate surface area is 241 Å². The quantitative estimate of drug-likeness (QED) is 0.0914. The predicted molar refractivity (Wildman–Crippen MR) is 159 cm³/mol.